The van der Waals surface area contributed by atoms with Crippen LogP contribution in [-0.2, 0) is 9.53 Å². The Hall–Kier alpha value is -1.92. The summed E-state index contributed by atoms with van der Waals surface area (Å²) in [5.74, 6) is -0.294. The van der Waals surface area contributed by atoms with E-state index < -0.39 is 6.04 Å². The number of morpholine rings is 1. The number of hydrogen-bond acceptors (Lipinski definition) is 4. The summed E-state index contributed by atoms with van der Waals surface area (Å²) in [5, 5.41) is 8.87. The SMILES string of the molecule is Cc1ccc(NC(=O)[C@H]2NCCO[C@@H]2C)cc1C(=O)NC(C)C. The van der Waals surface area contributed by atoms with Gasteiger partial charge >= 0.3 is 0 Å². The first-order chi connectivity index (χ1) is 10.9. The molecule has 0 unspecified atom stereocenters. The van der Waals surface area contributed by atoms with Gasteiger partial charge in [-0.25, -0.2) is 0 Å². The van der Waals surface area contributed by atoms with Crippen molar-refractivity contribution in [3.8, 4) is 0 Å². The van der Waals surface area contributed by atoms with E-state index in [2.05, 4.69) is 16.0 Å². The zero-order chi connectivity index (χ0) is 17.0. The highest BCUT2D eigenvalue weighted by Crippen LogP contribution is 2.17. The minimum absolute atomic E-state index is 0.0598. The van der Waals surface area contributed by atoms with Crippen LogP contribution in [0.1, 0.15) is 36.7 Å². The van der Waals surface area contributed by atoms with Crippen LogP contribution in [0.3, 0.4) is 0 Å². The fourth-order valence-electron chi connectivity index (χ4n) is 2.53. The van der Waals surface area contributed by atoms with Crippen molar-refractivity contribution in [1.82, 2.24) is 10.6 Å². The Balaban J connectivity index is 2.11. The summed E-state index contributed by atoms with van der Waals surface area (Å²) < 4.78 is 5.49. The Morgan fingerprint density at radius 3 is 2.74 bits per heavy atom. The molecular weight excluding hydrogens is 294 g/mol. The average Bonchev–Trinajstić information content (AvgIpc) is 2.48. The minimum Gasteiger partial charge on any atom is -0.375 e. The van der Waals surface area contributed by atoms with E-state index in [1.54, 1.807) is 12.1 Å². The van der Waals surface area contributed by atoms with Gasteiger partial charge in [-0.2, -0.15) is 0 Å². The van der Waals surface area contributed by atoms with Crippen LogP contribution in [0.15, 0.2) is 18.2 Å². The molecule has 1 aliphatic heterocycles. The van der Waals surface area contributed by atoms with Crippen molar-refractivity contribution >= 4 is 17.5 Å². The normalized spacial score (nSPS) is 21.1. The Kier molecular flexibility index (Phi) is 5.74. The van der Waals surface area contributed by atoms with Crippen molar-refractivity contribution in [1.29, 1.82) is 0 Å². The van der Waals surface area contributed by atoms with Gasteiger partial charge in [-0.3, -0.25) is 9.59 Å². The molecule has 1 heterocycles. The second-order valence-corrected chi connectivity index (χ2v) is 6.15. The van der Waals surface area contributed by atoms with Gasteiger partial charge in [0.15, 0.2) is 0 Å². The number of benzene rings is 1. The van der Waals surface area contributed by atoms with Crippen LogP contribution in [0.2, 0.25) is 0 Å². The van der Waals surface area contributed by atoms with E-state index in [4.69, 9.17) is 4.74 Å². The van der Waals surface area contributed by atoms with Gasteiger partial charge < -0.3 is 20.7 Å². The van der Waals surface area contributed by atoms with Crippen LogP contribution in [0.25, 0.3) is 0 Å². The van der Waals surface area contributed by atoms with Crippen molar-refractivity contribution in [3.05, 3.63) is 29.3 Å². The summed E-state index contributed by atoms with van der Waals surface area (Å²) in [4.78, 5) is 24.6. The maximum absolute atomic E-state index is 12.4. The van der Waals surface area contributed by atoms with Gasteiger partial charge in [0, 0.05) is 23.8 Å². The highest BCUT2D eigenvalue weighted by Gasteiger charge is 2.28. The lowest BCUT2D eigenvalue weighted by Gasteiger charge is -2.29. The van der Waals surface area contributed by atoms with Gasteiger partial charge in [-0.05, 0) is 45.4 Å². The van der Waals surface area contributed by atoms with Crippen LogP contribution in [-0.4, -0.2) is 43.2 Å². The van der Waals surface area contributed by atoms with E-state index in [0.717, 1.165) is 5.56 Å². The quantitative estimate of drug-likeness (QED) is 0.785. The topological polar surface area (TPSA) is 79.5 Å². The van der Waals surface area contributed by atoms with Gasteiger partial charge in [0.2, 0.25) is 5.91 Å². The molecule has 6 heteroatoms. The molecule has 0 bridgehead atoms. The number of hydrogen-bond donors (Lipinski definition) is 3. The molecule has 0 saturated carbocycles. The van der Waals surface area contributed by atoms with Crippen molar-refractivity contribution in [3.63, 3.8) is 0 Å². The monoisotopic (exact) mass is 319 g/mol. The third kappa shape index (κ3) is 4.53. The molecule has 0 aromatic heterocycles. The van der Waals surface area contributed by atoms with Crippen molar-refractivity contribution in [2.24, 2.45) is 0 Å². The molecule has 1 aliphatic rings. The van der Waals surface area contributed by atoms with Crippen LogP contribution < -0.4 is 16.0 Å². The number of rotatable bonds is 4. The molecule has 2 rings (SSSR count). The Bertz CT molecular complexity index is 586. The predicted molar refractivity (Wildman–Crippen MR) is 89.6 cm³/mol. The first-order valence-electron chi connectivity index (χ1n) is 7.96. The van der Waals surface area contributed by atoms with Crippen molar-refractivity contribution < 1.29 is 14.3 Å². The maximum Gasteiger partial charge on any atom is 0.251 e. The van der Waals surface area contributed by atoms with E-state index in [1.807, 2.05) is 33.8 Å². The van der Waals surface area contributed by atoms with E-state index in [0.29, 0.717) is 24.4 Å². The lowest BCUT2D eigenvalue weighted by atomic mass is 10.1. The molecule has 1 aromatic rings. The first-order valence-corrected chi connectivity index (χ1v) is 7.96. The molecule has 3 N–H and O–H groups in total. The number of aryl methyl sites for hydroxylation is 1. The number of anilines is 1. The van der Waals surface area contributed by atoms with Crippen LogP contribution >= 0.6 is 0 Å². The number of nitrogens with one attached hydrogen (secondary N) is 3. The summed E-state index contributed by atoms with van der Waals surface area (Å²) in [6.07, 6.45) is -0.182. The fourth-order valence-corrected chi connectivity index (χ4v) is 2.53. The van der Waals surface area contributed by atoms with Crippen LogP contribution in [0, 0.1) is 6.92 Å². The minimum atomic E-state index is -0.391. The lowest BCUT2D eigenvalue weighted by Crippen LogP contribution is -2.53. The third-order valence-electron chi connectivity index (χ3n) is 3.77. The molecule has 2 atom stereocenters. The summed E-state index contributed by atoms with van der Waals surface area (Å²) in [6.45, 7) is 8.82. The van der Waals surface area contributed by atoms with Gasteiger partial charge in [-0.15, -0.1) is 0 Å². The van der Waals surface area contributed by atoms with Crippen LogP contribution in [0.5, 0.6) is 0 Å². The van der Waals surface area contributed by atoms with Crippen LogP contribution in [0.4, 0.5) is 5.69 Å². The molecule has 0 radical (unpaired) electrons. The molecule has 126 valence electrons. The smallest absolute Gasteiger partial charge is 0.251 e. The third-order valence-corrected chi connectivity index (χ3v) is 3.77. The fraction of sp³-hybridized carbons (Fsp3) is 0.529. The highest BCUT2D eigenvalue weighted by molar-refractivity contribution is 5.99. The summed E-state index contributed by atoms with van der Waals surface area (Å²) in [6, 6.07) is 5.01. The molecule has 23 heavy (non-hydrogen) atoms. The van der Waals surface area contributed by atoms with Gasteiger partial charge in [0.25, 0.3) is 5.91 Å². The number of ether oxygens (including phenoxy) is 1. The van der Waals surface area contributed by atoms with Crippen molar-refractivity contribution in [2.45, 2.75) is 45.9 Å². The Morgan fingerprint density at radius 1 is 1.35 bits per heavy atom. The first kappa shape index (κ1) is 17.4. The zero-order valence-electron chi connectivity index (χ0n) is 14.1. The average molecular weight is 319 g/mol. The van der Waals surface area contributed by atoms with E-state index >= 15 is 0 Å². The largest absolute Gasteiger partial charge is 0.375 e. The van der Waals surface area contributed by atoms with E-state index in [-0.39, 0.29) is 24.0 Å². The summed E-state index contributed by atoms with van der Waals surface area (Å²) >= 11 is 0. The lowest BCUT2D eigenvalue weighted by molar-refractivity contribution is -0.123. The number of carbonyl (C=O) groups excluding carboxylic acids is 2. The molecule has 1 fully saturated rings. The second kappa shape index (κ2) is 7.57. The molecule has 1 saturated heterocycles. The van der Waals surface area contributed by atoms with E-state index in [1.165, 1.54) is 0 Å². The molecular formula is C17H25N3O3. The second-order valence-electron chi connectivity index (χ2n) is 6.15. The predicted octanol–water partition coefficient (Wildman–Crippen LogP) is 1.45. The highest BCUT2D eigenvalue weighted by atomic mass is 16.5. The molecule has 6 nitrogen and oxygen atoms in total. The zero-order valence-corrected chi connectivity index (χ0v) is 14.1. The van der Waals surface area contributed by atoms with Gasteiger partial charge in [0.1, 0.15) is 6.04 Å². The summed E-state index contributed by atoms with van der Waals surface area (Å²) in [7, 11) is 0. The van der Waals surface area contributed by atoms with Gasteiger partial charge in [0.05, 0.1) is 12.7 Å². The maximum atomic E-state index is 12.4. The molecule has 0 spiro atoms. The number of carbonyl (C=O) groups is 2. The summed E-state index contributed by atoms with van der Waals surface area (Å²) in [5.41, 5.74) is 2.04. The Morgan fingerprint density at radius 2 is 2.09 bits per heavy atom. The Labute approximate surface area is 137 Å². The standard InChI is InChI=1S/C17H25N3O3/c1-10(2)19-16(21)14-9-13(6-5-11(14)3)20-17(22)15-12(4)23-8-7-18-15/h5-6,9-10,12,15,18H,7-8H2,1-4H3,(H,19,21)(H,20,22)/t12-,15+/m1/s1. The molecule has 2 amide bonds. The van der Waals surface area contributed by atoms with Gasteiger partial charge in [-0.1, -0.05) is 6.07 Å². The number of amides is 2. The van der Waals surface area contributed by atoms with Crippen molar-refractivity contribution in [2.75, 3.05) is 18.5 Å². The molecule has 0 aliphatic carbocycles. The molecule has 1 aromatic carbocycles. The van der Waals surface area contributed by atoms with E-state index in [9.17, 15) is 9.59 Å².